The molecule has 1 aromatic heterocycles. The first-order valence-electron chi connectivity index (χ1n) is 16.3. The second-order valence-electron chi connectivity index (χ2n) is 12.4. The molecule has 45 heavy (non-hydrogen) atoms. The third-order valence-electron chi connectivity index (χ3n) is 9.42. The van der Waals surface area contributed by atoms with Crippen molar-refractivity contribution < 1.29 is 0 Å². The molecule has 0 amide bonds. The molecule has 3 aliphatic carbocycles. The number of benzene rings is 4. The van der Waals surface area contributed by atoms with Gasteiger partial charge in [0.15, 0.2) is 5.82 Å². The fourth-order valence-electron chi connectivity index (χ4n) is 6.81. The molecule has 2 heteroatoms. The van der Waals surface area contributed by atoms with E-state index in [1.165, 1.54) is 52.7 Å². The van der Waals surface area contributed by atoms with Crippen LogP contribution in [0.4, 0.5) is 0 Å². The topological polar surface area (TPSA) is 25.8 Å². The summed E-state index contributed by atoms with van der Waals surface area (Å²) in [5.41, 5.74) is 15.3. The molecule has 0 bridgehead atoms. The Labute approximate surface area is 266 Å². The quantitative estimate of drug-likeness (QED) is 0.191. The molecule has 218 valence electrons. The Hall–Kier alpha value is -5.08. The van der Waals surface area contributed by atoms with Crippen molar-refractivity contribution in [3.63, 3.8) is 0 Å². The Balaban J connectivity index is 1.13. The highest BCUT2D eigenvalue weighted by Gasteiger charge is 2.30. The van der Waals surface area contributed by atoms with E-state index >= 15 is 0 Å². The molecular formula is C43H36N2. The first-order chi connectivity index (χ1) is 22.3. The van der Waals surface area contributed by atoms with E-state index < -0.39 is 0 Å². The van der Waals surface area contributed by atoms with Gasteiger partial charge in [0.05, 0.1) is 11.4 Å². The zero-order valence-electron chi connectivity index (χ0n) is 25.5. The molecule has 4 aromatic carbocycles. The fraction of sp³-hybridized carbons (Fsp3) is 0.163. The van der Waals surface area contributed by atoms with E-state index in [9.17, 15) is 0 Å². The minimum Gasteiger partial charge on any atom is -0.228 e. The summed E-state index contributed by atoms with van der Waals surface area (Å²) in [4.78, 5) is 10.1. The van der Waals surface area contributed by atoms with Crippen LogP contribution < -0.4 is 0 Å². The maximum atomic E-state index is 5.05. The molecule has 0 saturated heterocycles. The normalized spacial score (nSPS) is 16.6. The average molecular weight is 581 g/mol. The van der Waals surface area contributed by atoms with E-state index in [4.69, 9.17) is 9.97 Å². The summed E-state index contributed by atoms with van der Waals surface area (Å²) in [6.07, 6.45) is 14.4. The Bertz CT molecular complexity index is 1900. The van der Waals surface area contributed by atoms with Gasteiger partial charge in [0, 0.05) is 16.7 Å². The first kappa shape index (κ1) is 27.5. The molecule has 3 aliphatic rings. The van der Waals surface area contributed by atoms with Gasteiger partial charge in [0.1, 0.15) is 0 Å². The van der Waals surface area contributed by atoms with Crippen LogP contribution in [0, 0.1) is 5.92 Å². The summed E-state index contributed by atoms with van der Waals surface area (Å²) < 4.78 is 0. The van der Waals surface area contributed by atoms with Crippen molar-refractivity contribution in [1.29, 1.82) is 0 Å². The predicted octanol–water partition coefficient (Wildman–Crippen LogP) is 11.2. The smallest absolute Gasteiger partial charge is 0.160 e. The van der Waals surface area contributed by atoms with Gasteiger partial charge in [-0.25, -0.2) is 9.97 Å². The molecule has 1 heterocycles. The third-order valence-corrected chi connectivity index (χ3v) is 9.42. The van der Waals surface area contributed by atoms with Gasteiger partial charge in [-0.1, -0.05) is 139 Å². The van der Waals surface area contributed by atoms with Gasteiger partial charge in [-0.3, -0.25) is 0 Å². The van der Waals surface area contributed by atoms with Gasteiger partial charge in [0.2, 0.25) is 0 Å². The summed E-state index contributed by atoms with van der Waals surface area (Å²) in [6.45, 7) is 0. The zero-order chi connectivity index (χ0) is 30.0. The number of hydrogen-bond donors (Lipinski definition) is 0. The summed E-state index contributed by atoms with van der Waals surface area (Å²) in [7, 11) is 0. The lowest BCUT2D eigenvalue weighted by atomic mass is 9.81. The van der Waals surface area contributed by atoms with E-state index in [2.05, 4.69) is 127 Å². The molecule has 0 atom stereocenters. The van der Waals surface area contributed by atoms with Crippen LogP contribution in [0.5, 0.6) is 0 Å². The van der Waals surface area contributed by atoms with E-state index in [-0.39, 0.29) is 0 Å². The standard InChI is InChI=1S/C43H36N2/c1-4-10-30(11-5-1)31-16-18-32(19-17-31)38-26-27-39(33-20-21-33)40(28-38)34-22-24-37(25-23-34)43-44-41(35-12-6-2-7-13-35)29-42(45-43)36-14-8-3-9-15-36/h1-16,18,22-25,28-29,33H,17,19-21,26-27H2. The Morgan fingerprint density at radius 3 is 1.51 bits per heavy atom. The maximum Gasteiger partial charge on any atom is 0.160 e. The van der Waals surface area contributed by atoms with E-state index in [1.807, 2.05) is 12.1 Å². The second kappa shape index (κ2) is 12.1. The highest BCUT2D eigenvalue weighted by molar-refractivity contribution is 5.82. The molecule has 1 fully saturated rings. The van der Waals surface area contributed by atoms with Crippen LogP contribution >= 0.6 is 0 Å². The predicted molar refractivity (Wildman–Crippen MR) is 187 cm³/mol. The maximum absolute atomic E-state index is 5.05. The Morgan fingerprint density at radius 1 is 0.444 bits per heavy atom. The first-order valence-corrected chi connectivity index (χ1v) is 16.3. The third kappa shape index (κ3) is 5.89. The lowest BCUT2D eigenvalue weighted by Crippen LogP contribution is -2.05. The number of hydrogen-bond acceptors (Lipinski definition) is 2. The van der Waals surface area contributed by atoms with Crippen molar-refractivity contribution in [2.75, 3.05) is 0 Å². The molecule has 0 unspecified atom stereocenters. The summed E-state index contributed by atoms with van der Waals surface area (Å²) in [5, 5.41) is 0. The van der Waals surface area contributed by atoms with Gasteiger partial charge in [-0.15, -0.1) is 0 Å². The van der Waals surface area contributed by atoms with Gasteiger partial charge < -0.3 is 0 Å². The average Bonchev–Trinajstić information content (AvgIpc) is 3.98. The van der Waals surface area contributed by atoms with Gasteiger partial charge in [-0.05, 0) is 83.9 Å². The molecular weight excluding hydrogens is 544 g/mol. The van der Waals surface area contributed by atoms with Gasteiger partial charge >= 0.3 is 0 Å². The summed E-state index contributed by atoms with van der Waals surface area (Å²) in [6, 6.07) is 42.7. The lowest BCUT2D eigenvalue weighted by molar-refractivity contribution is 0.817. The highest BCUT2D eigenvalue weighted by Crippen LogP contribution is 2.47. The van der Waals surface area contributed by atoms with Crippen LogP contribution in [0.25, 0.3) is 45.0 Å². The summed E-state index contributed by atoms with van der Waals surface area (Å²) in [5.74, 6) is 1.51. The zero-order valence-corrected chi connectivity index (χ0v) is 25.5. The Morgan fingerprint density at radius 2 is 0.956 bits per heavy atom. The largest absolute Gasteiger partial charge is 0.228 e. The molecule has 2 nitrogen and oxygen atoms in total. The van der Waals surface area contributed by atoms with E-state index in [0.717, 1.165) is 59.1 Å². The SMILES string of the molecule is C1=C(C2=CC(c3ccc(-c4nc(-c5ccccc5)cc(-c5ccccc5)n4)cc3)=C(C3CC3)CC2)CCC(c2ccccc2)=C1. The molecule has 0 radical (unpaired) electrons. The van der Waals surface area contributed by atoms with Crippen LogP contribution in [0.3, 0.4) is 0 Å². The minimum absolute atomic E-state index is 0.752. The van der Waals surface area contributed by atoms with Crippen molar-refractivity contribution in [1.82, 2.24) is 9.97 Å². The number of nitrogens with zero attached hydrogens (tertiary/aromatic N) is 2. The van der Waals surface area contributed by atoms with Crippen molar-refractivity contribution >= 4 is 11.1 Å². The second-order valence-corrected chi connectivity index (χ2v) is 12.4. The van der Waals surface area contributed by atoms with Crippen LogP contribution in [0.15, 0.2) is 156 Å². The molecule has 0 spiro atoms. The lowest BCUT2D eigenvalue weighted by Gasteiger charge is -2.24. The van der Waals surface area contributed by atoms with Gasteiger partial charge in [-0.2, -0.15) is 0 Å². The number of rotatable bonds is 7. The van der Waals surface area contributed by atoms with Gasteiger partial charge in [0.25, 0.3) is 0 Å². The fourth-order valence-corrected chi connectivity index (χ4v) is 6.81. The van der Waals surface area contributed by atoms with Crippen LogP contribution in [0.2, 0.25) is 0 Å². The van der Waals surface area contributed by atoms with E-state index in [1.54, 1.807) is 5.57 Å². The van der Waals surface area contributed by atoms with Crippen LogP contribution in [-0.2, 0) is 0 Å². The Kier molecular flexibility index (Phi) is 7.40. The summed E-state index contributed by atoms with van der Waals surface area (Å²) >= 11 is 0. The minimum atomic E-state index is 0.752. The molecule has 1 saturated carbocycles. The van der Waals surface area contributed by atoms with Crippen molar-refractivity contribution in [2.45, 2.75) is 38.5 Å². The van der Waals surface area contributed by atoms with Crippen molar-refractivity contribution in [2.24, 2.45) is 5.92 Å². The van der Waals surface area contributed by atoms with Crippen molar-refractivity contribution in [3.05, 3.63) is 167 Å². The molecule has 0 N–H and O–H groups in total. The van der Waals surface area contributed by atoms with Crippen LogP contribution in [-0.4, -0.2) is 9.97 Å². The monoisotopic (exact) mass is 580 g/mol. The number of allylic oxidation sites excluding steroid dienone is 8. The van der Waals surface area contributed by atoms with Crippen LogP contribution in [0.1, 0.15) is 49.7 Å². The molecule has 8 rings (SSSR count). The number of aromatic nitrogens is 2. The molecule has 5 aromatic rings. The highest BCUT2D eigenvalue weighted by atomic mass is 14.9. The van der Waals surface area contributed by atoms with Crippen molar-refractivity contribution in [3.8, 4) is 33.9 Å². The molecule has 0 aliphatic heterocycles. The van der Waals surface area contributed by atoms with E-state index in [0.29, 0.717) is 0 Å².